The van der Waals surface area contributed by atoms with E-state index in [1.165, 1.54) is 5.57 Å². The van der Waals surface area contributed by atoms with Crippen LogP contribution in [0.25, 0.3) is 0 Å². The fraction of sp³-hybridized carbons (Fsp3) is 0.727. The summed E-state index contributed by atoms with van der Waals surface area (Å²) >= 11 is 0. The Labute approximate surface area is 85.5 Å². The molecule has 0 fully saturated rings. The molecule has 0 aromatic carbocycles. The van der Waals surface area contributed by atoms with Crippen LogP contribution in [0, 0.1) is 5.41 Å². The molecule has 0 bridgehead atoms. The predicted octanol–water partition coefficient (Wildman–Crippen LogP) is 2.48. The zero-order valence-electron chi connectivity index (χ0n) is 9.22. The molecule has 1 unspecified atom stereocenters. The van der Waals surface area contributed by atoms with Crippen LogP contribution in [-0.4, -0.2) is 19.2 Å². The zero-order valence-corrected chi connectivity index (χ0v) is 9.22. The third-order valence-electron chi connectivity index (χ3n) is 2.60. The van der Waals surface area contributed by atoms with E-state index < -0.39 is 0 Å². The summed E-state index contributed by atoms with van der Waals surface area (Å²) < 4.78 is 4.80. The summed E-state index contributed by atoms with van der Waals surface area (Å²) in [5.41, 5.74) is 1.54. The lowest BCUT2D eigenvalue weighted by Gasteiger charge is -2.21. The SMILES string of the molecule is CCOC(=O)NCC1(C)C=C(C)CC1. The van der Waals surface area contributed by atoms with Gasteiger partial charge in [0.15, 0.2) is 0 Å². The van der Waals surface area contributed by atoms with Crippen molar-refractivity contribution in [2.75, 3.05) is 13.2 Å². The van der Waals surface area contributed by atoms with Gasteiger partial charge in [-0.15, -0.1) is 0 Å². The van der Waals surface area contributed by atoms with Crippen molar-refractivity contribution in [2.24, 2.45) is 5.41 Å². The molecule has 1 rings (SSSR count). The number of carbonyl (C=O) groups excluding carboxylic acids is 1. The van der Waals surface area contributed by atoms with Crippen LogP contribution in [0.5, 0.6) is 0 Å². The molecule has 14 heavy (non-hydrogen) atoms. The molecule has 0 radical (unpaired) electrons. The number of amides is 1. The summed E-state index contributed by atoms with van der Waals surface area (Å²) in [7, 11) is 0. The maximum Gasteiger partial charge on any atom is 0.407 e. The quantitative estimate of drug-likeness (QED) is 0.706. The largest absolute Gasteiger partial charge is 0.450 e. The van der Waals surface area contributed by atoms with Gasteiger partial charge in [-0.05, 0) is 26.7 Å². The van der Waals surface area contributed by atoms with Gasteiger partial charge in [0.1, 0.15) is 0 Å². The van der Waals surface area contributed by atoms with Crippen molar-refractivity contribution in [3.05, 3.63) is 11.6 Å². The lowest BCUT2D eigenvalue weighted by Crippen LogP contribution is -2.34. The van der Waals surface area contributed by atoms with Gasteiger partial charge in [-0.25, -0.2) is 4.79 Å². The number of rotatable bonds is 3. The van der Waals surface area contributed by atoms with E-state index in [1.807, 2.05) is 0 Å². The standard InChI is InChI=1S/C11H19NO2/c1-4-14-10(13)12-8-11(3)6-5-9(2)7-11/h7H,4-6,8H2,1-3H3,(H,12,13). The molecule has 0 aliphatic heterocycles. The Morgan fingerprint density at radius 2 is 2.43 bits per heavy atom. The number of allylic oxidation sites excluding steroid dienone is 1. The second-order valence-corrected chi connectivity index (χ2v) is 4.22. The van der Waals surface area contributed by atoms with E-state index in [4.69, 9.17) is 4.74 Å². The molecule has 3 heteroatoms. The van der Waals surface area contributed by atoms with Gasteiger partial charge >= 0.3 is 6.09 Å². The highest BCUT2D eigenvalue weighted by atomic mass is 16.5. The van der Waals surface area contributed by atoms with Gasteiger partial charge in [0.25, 0.3) is 0 Å². The van der Waals surface area contributed by atoms with Gasteiger partial charge in [0, 0.05) is 12.0 Å². The highest BCUT2D eigenvalue weighted by molar-refractivity contribution is 5.67. The van der Waals surface area contributed by atoms with Crippen LogP contribution in [0.4, 0.5) is 4.79 Å². The summed E-state index contributed by atoms with van der Waals surface area (Å²) in [6.45, 7) is 7.20. The molecule has 0 saturated heterocycles. The molecule has 0 spiro atoms. The van der Waals surface area contributed by atoms with Gasteiger partial charge in [0.2, 0.25) is 0 Å². The molecule has 0 saturated carbocycles. The molecule has 80 valence electrons. The summed E-state index contributed by atoms with van der Waals surface area (Å²) in [6.07, 6.45) is 4.19. The summed E-state index contributed by atoms with van der Waals surface area (Å²) in [5.74, 6) is 0. The van der Waals surface area contributed by atoms with Crippen molar-refractivity contribution in [1.82, 2.24) is 5.32 Å². The van der Waals surface area contributed by atoms with Gasteiger partial charge in [-0.3, -0.25) is 0 Å². The Morgan fingerprint density at radius 1 is 1.71 bits per heavy atom. The van der Waals surface area contributed by atoms with Crippen LogP contribution in [0.3, 0.4) is 0 Å². The van der Waals surface area contributed by atoms with Crippen LogP contribution in [0.2, 0.25) is 0 Å². The highest BCUT2D eigenvalue weighted by Crippen LogP contribution is 2.34. The third kappa shape index (κ3) is 3.05. The number of ether oxygens (including phenoxy) is 1. The Morgan fingerprint density at radius 3 is 2.93 bits per heavy atom. The topological polar surface area (TPSA) is 38.3 Å². The molecule has 1 atom stereocenters. The van der Waals surface area contributed by atoms with Gasteiger partial charge in [-0.2, -0.15) is 0 Å². The summed E-state index contributed by atoms with van der Waals surface area (Å²) in [4.78, 5) is 11.1. The number of hydrogen-bond acceptors (Lipinski definition) is 2. The Hall–Kier alpha value is -0.990. The zero-order chi connectivity index (χ0) is 10.6. The van der Waals surface area contributed by atoms with E-state index in [-0.39, 0.29) is 11.5 Å². The smallest absolute Gasteiger partial charge is 0.407 e. The minimum Gasteiger partial charge on any atom is -0.450 e. The molecular formula is C11H19NO2. The molecule has 1 N–H and O–H groups in total. The third-order valence-corrected chi connectivity index (χ3v) is 2.60. The highest BCUT2D eigenvalue weighted by Gasteiger charge is 2.26. The molecule has 3 nitrogen and oxygen atoms in total. The van der Waals surface area contributed by atoms with Gasteiger partial charge in [0.05, 0.1) is 6.61 Å². The lowest BCUT2D eigenvalue weighted by molar-refractivity contribution is 0.148. The fourth-order valence-electron chi connectivity index (χ4n) is 1.82. The maximum absolute atomic E-state index is 11.1. The minimum absolute atomic E-state index is 0.122. The van der Waals surface area contributed by atoms with Crippen molar-refractivity contribution in [3.63, 3.8) is 0 Å². The van der Waals surface area contributed by atoms with Crippen LogP contribution in [0.15, 0.2) is 11.6 Å². The molecule has 0 aromatic rings. The first-order valence-corrected chi connectivity index (χ1v) is 5.15. The normalized spacial score (nSPS) is 25.8. The lowest BCUT2D eigenvalue weighted by atomic mass is 9.90. The molecule has 1 amide bonds. The first kappa shape index (κ1) is 11.1. The predicted molar refractivity (Wildman–Crippen MR) is 56.1 cm³/mol. The van der Waals surface area contributed by atoms with Crippen molar-refractivity contribution in [3.8, 4) is 0 Å². The number of hydrogen-bond donors (Lipinski definition) is 1. The van der Waals surface area contributed by atoms with Gasteiger partial charge in [-0.1, -0.05) is 18.6 Å². The van der Waals surface area contributed by atoms with Crippen molar-refractivity contribution < 1.29 is 9.53 Å². The second kappa shape index (κ2) is 4.49. The fourth-order valence-corrected chi connectivity index (χ4v) is 1.82. The van der Waals surface area contributed by atoms with E-state index in [2.05, 4.69) is 25.2 Å². The maximum atomic E-state index is 11.1. The summed E-state index contributed by atoms with van der Waals surface area (Å²) in [5, 5.41) is 2.78. The molecule has 0 heterocycles. The first-order valence-electron chi connectivity index (χ1n) is 5.15. The van der Waals surface area contributed by atoms with Crippen molar-refractivity contribution in [2.45, 2.75) is 33.6 Å². The van der Waals surface area contributed by atoms with E-state index >= 15 is 0 Å². The Kier molecular flexibility index (Phi) is 3.55. The Balaban J connectivity index is 2.34. The minimum atomic E-state index is -0.313. The van der Waals surface area contributed by atoms with Crippen LogP contribution in [-0.2, 0) is 4.74 Å². The van der Waals surface area contributed by atoms with Crippen LogP contribution >= 0.6 is 0 Å². The average Bonchev–Trinajstić information content (AvgIpc) is 2.45. The summed E-state index contributed by atoms with van der Waals surface area (Å²) in [6, 6.07) is 0. The molecule has 1 aliphatic rings. The number of nitrogens with one attached hydrogen (secondary N) is 1. The van der Waals surface area contributed by atoms with Gasteiger partial charge < -0.3 is 10.1 Å². The van der Waals surface area contributed by atoms with E-state index in [1.54, 1.807) is 6.92 Å². The van der Waals surface area contributed by atoms with Crippen LogP contribution in [0.1, 0.15) is 33.6 Å². The van der Waals surface area contributed by atoms with E-state index in [9.17, 15) is 4.79 Å². The van der Waals surface area contributed by atoms with Crippen molar-refractivity contribution in [1.29, 1.82) is 0 Å². The number of carbonyl (C=O) groups is 1. The average molecular weight is 197 g/mol. The molecular weight excluding hydrogens is 178 g/mol. The van der Waals surface area contributed by atoms with Crippen molar-refractivity contribution >= 4 is 6.09 Å². The second-order valence-electron chi connectivity index (χ2n) is 4.22. The van der Waals surface area contributed by atoms with E-state index in [0.717, 1.165) is 12.8 Å². The molecule has 1 aliphatic carbocycles. The number of alkyl carbamates (subject to hydrolysis) is 1. The van der Waals surface area contributed by atoms with E-state index in [0.29, 0.717) is 13.2 Å². The monoisotopic (exact) mass is 197 g/mol. The van der Waals surface area contributed by atoms with Crippen LogP contribution < -0.4 is 5.32 Å². The first-order chi connectivity index (χ1) is 6.56. The Bertz CT molecular complexity index is 248. The molecule has 0 aromatic heterocycles.